The third-order valence-corrected chi connectivity index (χ3v) is 6.09. The summed E-state index contributed by atoms with van der Waals surface area (Å²) < 4.78 is 13.6. The second-order valence-corrected chi connectivity index (χ2v) is 10.0. The van der Waals surface area contributed by atoms with E-state index in [9.17, 15) is 34.6 Å². The maximum absolute atomic E-state index is 14.2. The number of carbonyl (C=O) groups is 2. The van der Waals surface area contributed by atoms with Crippen LogP contribution in [-0.2, 0) is 0 Å². The van der Waals surface area contributed by atoms with Crippen molar-refractivity contribution >= 4 is 22.9 Å². The smallest absolute Gasteiger partial charge is 0.200 e. The van der Waals surface area contributed by atoms with Gasteiger partial charge in [-0.1, -0.05) is 0 Å². The monoisotopic (exact) mass is 492 g/mol. The molecule has 0 radical (unpaired) electrons. The van der Waals surface area contributed by atoms with Crippen molar-refractivity contribution in [3.8, 4) is 11.5 Å². The van der Waals surface area contributed by atoms with Crippen molar-refractivity contribution in [1.82, 2.24) is 0 Å². The molecule has 1 aliphatic rings. The standard InChI is InChI=1S/C24H31FN4O6/c1-26(9-11-28(3,4)34)15-7-8-16(27(2)10-12-29(5,6)35)19-18(15)23(32)20-17(30)13-14(25)22(31)21(20)24(19)33/h7-8,13,34-35H,9-12H2,1-6H3/p+2. The summed E-state index contributed by atoms with van der Waals surface area (Å²) in [5.41, 5.74) is -0.317. The van der Waals surface area contributed by atoms with Gasteiger partial charge in [0.2, 0.25) is 11.6 Å². The van der Waals surface area contributed by atoms with Crippen LogP contribution in [0.5, 0.6) is 11.5 Å². The number of ketones is 2. The summed E-state index contributed by atoms with van der Waals surface area (Å²) in [5.74, 6) is -4.47. The SMILES string of the molecule is CN(CC[N+](C)(C)O)c1ccc(N(C)CC[N+](C)(C)O)c2c1C(=O)c1c(O)cc(F)c(O)c1C2=O. The molecule has 0 bridgehead atoms. The van der Waals surface area contributed by atoms with E-state index in [1.807, 2.05) is 0 Å². The molecule has 0 amide bonds. The van der Waals surface area contributed by atoms with Crippen molar-refractivity contribution in [1.29, 1.82) is 0 Å². The number of carbonyl (C=O) groups excluding carboxylic acids is 2. The highest BCUT2D eigenvalue weighted by Gasteiger charge is 2.40. The Morgan fingerprint density at radius 2 is 1.17 bits per heavy atom. The second-order valence-electron chi connectivity index (χ2n) is 10.0. The summed E-state index contributed by atoms with van der Waals surface area (Å²) in [6, 6.07) is 3.92. The van der Waals surface area contributed by atoms with Crippen molar-refractivity contribution < 1.29 is 43.9 Å². The lowest BCUT2D eigenvalue weighted by Gasteiger charge is -2.32. The molecule has 0 aromatic heterocycles. The first-order chi connectivity index (χ1) is 16.0. The van der Waals surface area contributed by atoms with Crippen LogP contribution in [0.4, 0.5) is 15.8 Å². The summed E-state index contributed by atoms with van der Waals surface area (Å²) in [4.78, 5) is 30.7. The minimum absolute atomic E-state index is 0.0108. The van der Waals surface area contributed by atoms with E-state index in [1.54, 1.807) is 64.2 Å². The predicted octanol–water partition coefficient (Wildman–Crippen LogP) is 1.82. The average molecular weight is 493 g/mol. The van der Waals surface area contributed by atoms with Gasteiger partial charge in [0.05, 0.1) is 63.5 Å². The van der Waals surface area contributed by atoms with E-state index in [0.717, 1.165) is 0 Å². The van der Waals surface area contributed by atoms with Gasteiger partial charge in [0, 0.05) is 31.5 Å². The molecular weight excluding hydrogens is 459 g/mol. The van der Waals surface area contributed by atoms with Gasteiger partial charge in [-0.05, 0) is 12.1 Å². The number of nitrogens with zero attached hydrogens (tertiary/aromatic N) is 4. The molecule has 190 valence electrons. The molecular formula is C24H33FN4O6+2. The molecule has 0 heterocycles. The highest BCUT2D eigenvalue weighted by Crippen LogP contribution is 2.44. The van der Waals surface area contributed by atoms with Crippen LogP contribution in [0.25, 0.3) is 0 Å². The van der Waals surface area contributed by atoms with Crippen LogP contribution >= 0.6 is 0 Å². The molecule has 2 aromatic rings. The Hall–Kier alpha value is -3.25. The van der Waals surface area contributed by atoms with E-state index in [2.05, 4.69) is 0 Å². The number of halogens is 1. The normalized spacial score (nSPS) is 13.5. The zero-order chi connectivity index (χ0) is 26.5. The first-order valence-electron chi connectivity index (χ1n) is 11.1. The van der Waals surface area contributed by atoms with Gasteiger partial charge in [0.1, 0.15) is 18.8 Å². The first-order valence-corrected chi connectivity index (χ1v) is 11.1. The molecule has 0 aliphatic heterocycles. The van der Waals surface area contributed by atoms with Gasteiger partial charge in [-0.3, -0.25) is 9.59 Å². The fourth-order valence-electron chi connectivity index (χ4n) is 4.03. The van der Waals surface area contributed by atoms with Gasteiger partial charge >= 0.3 is 0 Å². The number of aromatic hydroxyl groups is 2. The number of likely N-dealkylation sites (N-methyl/N-ethyl adjacent to an activating group) is 4. The van der Waals surface area contributed by atoms with E-state index in [1.165, 1.54) is 0 Å². The number of hydrogen-bond acceptors (Lipinski definition) is 8. The van der Waals surface area contributed by atoms with Crippen molar-refractivity contribution in [2.75, 3.05) is 78.3 Å². The molecule has 10 nitrogen and oxygen atoms in total. The Balaban J connectivity index is 2.22. The highest BCUT2D eigenvalue weighted by molar-refractivity contribution is 6.33. The second kappa shape index (κ2) is 9.08. The molecule has 0 saturated heterocycles. The van der Waals surface area contributed by atoms with Crippen molar-refractivity contribution in [3.63, 3.8) is 0 Å². The third kappa shape index (κ3) is 5.22. The highest BCUT2D eigenvalue weighted by atomic mass is 19.1. The number of hydrogen-bond donors (Lipinski definition) is 4. The molecule has 4 N–H and O–H groups in total. The topological polar surface area (TPSA) is 122 Å². The van der Waals surface area contributed by atoms with E-state index >= 15 is 0 Å². The van der Waals surface area contributed by atoms with Gasteiger partial charge < -0.3 is 20.0 Å². The number of benzene rings is 2. The van der Waals surface area contributed by atoms with Gasteiger partial charge in [0.15, 0.2) is 11.6 Å². The molecule has 35 heavy (non-hydrogen) atoms. The lowest BCUT2D eigenvalue weighted by Crippen LogP contribution is -2.43. The number of anilines is 2. The van der Waals surface area contributed by atoms with E-state index in [4.69, 9.17) is 0 Å². The molecule has 2 aromatic carbocycles. The van der Waals surface area contributed by atoms with E-state index in [0.29, 0.717) is 43.6 Å². The number of phenols is 2. The quantitative estimate of drug-likeness (QED) is 0.213. The molecule has 0 spiro atoms. The predicted molar refractivity (Wildman–Crippen MR) is 127 cm³/mol. The lowest BCUT2D eigenvalue weighted by atomic mass is 9.80. The van der Waals surface area contributed by atoms with Crippen molar-refractivity contribution in [3.05, 3.63) is 46.3 Å². The van der Waals surface area contributed by atoms with Crippen LogP contribution in [-0.4, -0.2) is 110 Å². The van der Waals surface area contributed by atoms with E-state index in [-0.39, 0.29) is 20.4 Å². The van der Waals surface area contributed by atoms with Gasteiger partial charge in [-0.25, -0.2) is 14.8 Å². The minimum Gasteiger partial charge on any atom is -0.507 e. The Kier molecular flexibility index (Phi) is 6.84. The van der Waals surface area contributed by atoms with Crippen LogP contribution in [0.1, 0.15) is 31.8 Å². The van der Waals surface area contributed by atoms with Crippen LogP contribution < -0.4 is 9.80 Å². The minimum atomic E-state index is -1.21. The summed E-state index contributed by atoms with van der Waals surface area (Å²) in [5, 5.41) is 40.8. The molecule has 3 rings (SSSR count). The van der Waals surface area contributed by atoms with Gasteiger partial charge in [-0.2, -0.15) is 9.29 Å². The Morgan fingerprint density at radius 3 is 1.57 bits per heavy atom. The maximum Gasteiger partial charge on any atom is 0.200 e. The van der Waals surface area contributed by atoms with Crippen molar-refractivity contribution in [2.24, 2.45) is 0 Å². The largest absolute Gasteiger partial charge is 0.507 e. The first kappa shape index (κ1) is 26.4. The summed E-state index contributed by atoms with van der Waals surface area (Å²) in [6.07, 6.45) is 0. The lowest BCUT2D eigenvalue weighted by molar-refractivity contribution is -1.07. The zero-order valence-electron chi connectivity index (χ0n) is 20.8. The zero-order valence-corrected chi connectivity index (χ0v) is 20.8. The number of hydroxylamine groups is 6. The van der Waals surface area contributed by atoms with Crippen LogP contribution in [0, 0.1) is 5.82 Å². The van der Waals surface area contributed by atoms with Gasteiger partial charge in [-0.15, -0.1) is 0 Å². The Bertz CT molecular complexity index is 1190. The summed E-state index contributed by atoms with van der Waals surface area (Å²) in [6.45, 7) is 1.26. The number of phenolic OH excluding ortho intramolecular Hbond substituents is 2. The fraction of sp³-hybridized carbons (Fsp3) is 0.417. The molecule has 11 heteroatoms. The Labute approximate surface area is 203 Å². The van der Waals surface area contributed by atoms with E-state index < -0.39 is 40.0 Å². The maximum atomic E-state index is 14.2. The van der Waals surface area contributed by atoms with Gasteiger partial charge in [0.25, 0.3) is 0 Å². The van der Waals surface area contributed by atoms with Crippen LogP contribution in [0.15, 0.2) is 18.2 Å². The summed E-state index contributed by atoms with van der Waals surface area (Å²) in [7, 11) is 9.78. The Morgan fingerprint density at radius 1 is 0.771 bits per heavy atom. The molecule has 0 fully saturated rings. The summed E-state index contributed by atoms with van der Waals surface area (Å²) >= 11 is 0. The van der Waals surface area contributed by atoms with Crippen LogP contribution in [0.3, 0.4) is 0 Å². The average Bonchev–Trinajstić information content (AvgIpc) is 2.74. The number of rotatable bonds is 8. The fourth-order valence-corrected chi connectivity index (χ4v) is 4.03. The molecule has 0 unspecified atom stereocenters. The number of fused-ring (bicyclic) bond motifs is 2. The molecule has 0 saturated carbocycles. The molecule has 0 atom stereocenters. The third-order valence-electron chi connectivity index (χ3n) is 6.09. The van der Waals surface area contributed by atoms with Crippen molar-refractivity contribution in [2.45, 2.75) is 0 Å². The molecule has 1 aliphatic carbocycles. The van der Waals surface area contributed by atoms with Crippen LogP contribution in [0.2, 0.25) is 0 Å². The number of quaternary nitrogens is 2.